The Balaban J connectivity index is 1.62. The lowest BCUT2D eigenvalue weighted by Gasteiger charge is -2.21. The summed E-state index contributed by atoms with van der Waals surface area (Å²) in [5.41, 5.74) is 2.93. The van der Waals surface area contributed by atoms with Crippen molar-refractivity contribution in [1.82, 2.24) is 10.2 Å². The molecule has 10 heteroatoms. The maximum Gasteiger partial charge on any atom is 0.259 e. The lowest BCUT2D eigenvalue weighted by Crippen LogP contribution is -2.34. The second-order valence-electron chi connectivity index (χ2n) is 8.88. The summed E-state index contributed by atoms with van der Waals surface area (Å²) in [7, 11) is -0.181. The number of likely N-dealkylation sites (N-methyl/N-ethyl adjacent to an activating group) is 1. The van der Waals surface area contributed by atoms with Gasteiger partial charge in [0.2, 0.25) is 10.0 Å². The molecule has 0 bridgehead atoms. The van der Waals surface area contributed by atoms with Crippen LogP contribution in [0.3, 0.4) is 0 Å². The Kier molecular flexibility index (Phi) is 8.40. The first kappa shape index (κ1) is 25.8. The van der Waals surface area contributed by atoms with Gasteiger partial charge in [-0.3, -0.25) is 9.52 Å². The van der Waals surface area contributed by atoms with Gasteiger partial charge in [-0.2, -0.15) is 0 Å². The van der Waals surface area contributed by atoms with Gasteiger partial charge < -0.3 is 25.2 Å². The SMILES string of the molecule is CN(C)C(=O)COc1ccc2c(c1)CC(NC[C@H](O)c1ccc(O)c(NS(C)(=O)=O)c1)CCC2. The first-order valence-corrected chi connectivity index (χ1v) is 13.1. The van der Waals surface area contributed by atoms with E-state index in [1.54, 1.807) is 20.2 Å². The number of aryl methyl sites for hydroxylation is 1. The Hall–Kier alpha value is -2.82. The third kappa shape index (κ3) is 7.34. The number of hydrogen-bond donors (Lipinski definition) is 4. The number of ether oxygens (including phenoxy) is 1. The molecule has 0 heterocycles. The molecule has 1 amide bonds. The number of aliphatic hydroxyl groups excluding tert-OH is 1. The van der Waals surface area contributed by atoms with Gasteiger partial charge in [0.25, 0.3) is 5.91 Å². The number of benzene rings is 2. The Labute approximate surface area is 200 Å². The van der Waals surface area contributed by atoms with E-state index >= 15 is 0 Å². The van der Waals surface area contributed by atoms with E-state index in [2.05, 4.69) is 16.1 Å². The van der Waals surface area contributed by atoms with Gasteiger partial charge in [-0.1, -0.05) is 12.1 Å². The average Bonchev–Trinajstić information content (AvgIpc) is 2.97. The minimum Gasteiger partial charge on any atom is -0.506 e. The number of carbonyl (C=O) groups is 1. The summed E-state index contributed by atoms with van der Waals surface area (Å²) >= 11 is 0. The molecule has 4 N–H and O–H groups in total. The number of rotatable bonds is 9. The average molecular weight is 492 g/mol. The van der Waals surface area contributed by atoms with Crippen molar-refractivity contribution in [3.8, 4) is 11.5 Å². The maximum absolute atomic E-state index is 11.8. The van der Waals surface area contributed by atoms with Crippen LogP contribution in [-0.4, -0.2) is 69.0 Å². The normalized spacial score (nSPS) is 16.8. The number of nitrogens with zero attached hydrogens (tertiary/aromatic N) is 1. The second kappa shape index (κ2) is 11.1. The van der Waals surface area contributed by atoms with Crippen LogP contribution in [0, 0.1) is 0 Å². The number of carbonyl (C=O) groups excluding carboxylic acids is 1. The van der Waals surface area contributed by atoms with Gasteiger partial charge in [0.05, 0.1) is 18.0 Å². The van der Waals surface area contributed by atoms with Crippen LogP contribution in [0.4, 0.5) is 5.69 Å². The first-order chi connectivity index (χ1) is 16.0. The summed E-state index contributed by atoms with van der Waals surface area (Å²) in [5, 5.41) is 24.0. The van der Waals surface area contributed by atoms with Gasteiger partial charge in [-0.15, -0.1) is 0 Å². The highest BCUT2D eigenvalue weighted by atomic mass is 32.2. The van der Waals surface area contributed by atoms with E-state index < -0.39 is 16.1 Å². The molecule has 1 unspecified atom stereocenters. The summed E-state index contributed by atoms with van der Waals surface area (Å²) in [6.45, 7) is 0.263. The van der Waals surface area contributed by atoms with Crippen molar-refractivity contribution in [2.24, 2.45) is 0 Å². The lowest BCUT2D eigenvalue weighted by atomic mass is 10.0. The number of fused-ring (bicyclic) bond motifs is 1. The van der Waals surface area contributed by atoms with Gasteiger partial charge in [0.15, 0.2) is 6.61 Å². The van der Waals surface area contributed by atoms with Crippen molar-refractivity contribution in [3.63, 3.8) is 0 Å². The number of phenolic OH excluding ortho intramolecular Hbond substituents is 1. The smallest absolute Gasteiger partial charge is 0.259 e. The van der Waals surface area contributed by atoms with E-state index in [-0.39, 0.29) is 36.5 Å². The number of amides is 1. The Morgan fingerprint density at radius 3 is 2.68 bits per heavy atom. The van der Waals surface area contributed by atoms with Crippen molar-refractivity contribution >= 4 is 21.6 Å². The van der Waals surface area contributed by atoms with E-state index in [1.807, 2.05) is 12.1 Å². The van der Waals surface area contributed by atoms with Gasteiger partial charge >= 0.3 is 0 Å². The molecule has 0 fully saturated rings. The fraction of sp³-hybridized carbons (Fsp3) is 0.458. The monoisotopic (exact) mass is 491 g/mol. The molecule has 0 radical (unpaired) electrons. The zero-order valence-electron chi connectivity index (χ0n) is 19.7. The van der Waals surface area contributed by atoms with Crippen molar-refractivity contribution in [2.45, 2.75) is 37.8 Å². The van der Waals surface area contributed by atoms with Crippen molar-refractivity contribution in [3.05, 3.63) is 53.1 Å². The third-order valence-corrected chi connectivity index (χ3v) is 6.40. The molecule has 2 aromatic rings. The Morgan fingerprint density at radius 1 is 1.21 bits per heavy atom. The van der Waals surface area contributed by atoms with Crippen LogP contribution in [-0.2, 0) is 27.7 Å². The van der Waals surface area contributed by atoms with Crippen molar-refractivity contribution in [1.29, 1.82) is 0 Å². The molecule has 9 nitrogen and oxygen atoms in total. The fourth-order valence-electron chi connectivity index (χ4n) is 3.92. The molecule has 1 aliphatic rings. The molecular weight excluding hydrogens is 458 g/mol. The van der Waals surface area contributed by atoms with Crippen LogP contribution in [0.2, 0.25) is 0 Å². The third-order valence-electron chi connectivity index (χ3n) is 5.80. The van der Waals surface area contributed by atoms with E-state index in [9.17, 15) is 23.4 Å². The lowest BCUT2D eigenvalue weighted by molar-refractivity contribution is -0.130. The highest BCUT2D eigenvalue weighted by molar-refractivity contribution is 7.92. The number of nitrogens with one attached hydrogen (secondary N) is 2. The molecule has 0 saturated carbocycles. The molecule has 2 atom stereocenters. The Bertz CT molecular complexity index is 1120. The van der Waals surface area contributed by atoms with E-state index in [1.165, 1.54) is 22.6 Å². The molecule has 0 aliphatic heterocycles. The molecule has 186 valence electrons. The second-order valence-corrected chi connectivity index (χ2v) is 10.6. The minimum atomic E-state index is -3.56. The summed E-state index contributed by atoms with van der Waals surface area (Å²) in [6, 6.07) is 10.4. The molecule has 1 aliphatic carbocycles. The summed E-state index contributed by atoms with van der Waals surface area (Å²) < 4.78 is 30.9. The first-order valence-electron chi connectivity index (χ1n) is 11.2. The van der Waals surface area contributed by atoms with Gasteiger partial charge in [0, 0.05) is 26.7 Å². The largest absolute Gasteiger partial charge is 0.506 e. The number of phenols is 1. The van der Waals surface area contributed by atoms with E-state index in [4.69, 9.17) is 4.74 Å². The molecule has 3 rings (SSSR count). The van der Waals surface area contributed by atoms with Gasteiger partial charge in [-0.25, -0.2) is 8.42 Å². The number of aliphatic hydroxyl groups is 1. The Morgan fingerprint density at radius 2 is 1.97 bits per heavy atom. The highest BCUT2D eigenvalue weighted by Crippen LogP contribution is 2.29. The number of aromatic hydroxyl groups is 1. The van der Waals surface area contributed by atoms with Crippen LogP contribution >= 0.6 is 0 Å². The minimum absolute atomic E-state index is 0.0114. The predicted octanol–water partition coefficient (Wildman–Crippen LogP) is 1.80. The quantitative estimate of drug-likeness (QED) is 0.311. The number of anilines is 1. The molecular formula is C24H33N3O6S. The standard InChI is InChI=1S/C24H33N3O6S/c1-27(2)24(30)15-33-20-9-7-16-5-4-6-19(11-18(16)12-20)25-14-23(29)17-8-10-22(28)21(13-17)26-34(3,31)32/h7-10,12-13,19,23,25-26,28-29H,4-6,11,14-15H2,1-3H3/t19?,23-/m0/s1. The number of hydrogen-bond acceptors (Lipinski definition) is 7. The van der Waals surface area contributed by atoms with Gasteiger partial charge in [0.1, 0.15) is 11.5 Å². The molecule has 2 aromatic carbocycles. The van der Waals surface area contributed by atoms with Gasteiger partial charge in [-0.05, 0) is 66.6 Å². The molecule has 0 aromatic heterocycles. The summed E-state index contributed by atoms with van der Waals surface area (Å²) in [4.78, 5) is 13.3. The topological polar surface area (TPSA) is 128 Å². The highest BCUT2D eigenvalue weighted by Gasteiger charge is 2.20. The fourth-order valence-corrected chi connectivity index (χ4v) is 4.48. The number of sulfonamides is 1. The van der Waals surface area contributed by atoms with Crippen molar-refractivity contribution < 1.29 is 28.2 Å². The van der Waals surface area contributed by atoms with E-state index in [0.29, 0.717) is 11.3 Å². The maximum atomic E-state index is 11.8. The predicted molar refractivity (Wildman–Crippen MR) is 131 cm³/mol. The summed E-state index contributed by atoms with van der Waals surface area (Å²) in [6.07, 6.45) is 3.77. The van der Waals surface area contributed by atoms with Crippen LogP contribution < -0.4 is 14.8 Å². The van der Waals surface area contributed by atoms with Crippen molar-refractivity contribution in [2.75, 3.05) is 38.2 Å². The van der Waals surface area contributed by atoms with Crippen LogP contribution in [0.15, 0.2) is 36.4 Å². The zero-order chi connectivity index (χ0) is 24.9. The molecule has 0 saturated heterocycles. The zero-order valence-corrected chi connectivity index (χ0v) is 20.6. The van der Waals surface area contributed by atoms with Crippen LogP contribution in [0.5, 0.6) is 11.5 Å². The van der Waals surface area contributed by atoms with E-state index in [0.717, 1.165) is 37.5 Å². The molecule has 0 spiro atoms. The van der Waals surface area contributed by atoms with Crippen LogP contribution in [0.25, 0.3) is 0 Å². The summed E-state index contributed by atoms with van der Waals surface area (Å²) in [5.74, 6) is 0.345. The van der Waals surface area contributed by atoms with Crippen LogP contribution in [0.1, 0.15) is 35.6 Å². The molecule has 34 heavy (non-hydrogen) atoms.